The zero-order chi connectivity index (χ0) is 16.7. The summed E-state index contributed by atoms with van der Waals surface area (Å²) in [6, 6.07) is 7.35. The van der Waals surface area contributed by atoms with E-state index in [2.05, 4.69) is 42.4 Å². The highest BCUT2D eigenvalue weighted by molar-refractivity contribution is 7.80. The molecule has 24 heavy (non-hydrogen) atoms. The Morgan fingerprint density at radius 3 is 3.08 bits per heavy atom. The number of likely N-dealkylation sites (N-methyl/N-ethyl adjacent to an activating group) is 1. The third kappa shape index (κ3) is 2.93. The molecule has 0 radical (unpaired) electrons. The second-order valence-corrected chi connectivity index (χ2v) is 8.01. The van der Waals surface area contributed by atoms with Crippen molar-refractivity contribution >= 4 is 23.0 Å². The van der Waals surface area contributed by atoms with Gasteiger partial charge in [-0.15, -0.1) is 0 Å². The normalized spacial score (nSPS) is 31.7. The molecule has 3 heterocycles. The van der Waals surface area contributed by atoms with Crippen LogP contribution in [0.2, 0.25) is 0 Å². The fraction of sp³-hybridized carbons (Fsp3) is 0.632. The van der Waals surface area contributed by atoms with E-state index in [-0.39, 0.29) is 0 Å². The van der Waals surface area contributed by atoms with E-state index in [1.165, 1.54) is 42.7 Å². The monoisotopic (exact) mass is 346 g/mol. The van der Waals surface area contributed by atoms with Gasteiger partial charge in [0.2, 0.25) is 0 Å². The fourth-order valence-electron chi connectivity index (χ4n) is 4.56. The number of piperidine rings is 1. The van der Waals surface area contributed by atoms with Gasteiger partial charge in [0.15, 0.2) is 5.11 Å². The Morgan fingerprint density at radius 2 is 2.29 bits per heavy atom. The number of thiocarbonyl (C=S) groups is 1. The SMILES string of the molecule is Cc1ccc2c(c1)[C@@H]1C[NH+](C)CC[C@H]1N2C(=S)NC[C@H]1CCCO1. The zero-order valence-electron chi connectivity index (χ0n) is 14.7. The second kappa shape index (κ2) is 6.62. The minimum Gasteiger partial charge on any atom is -0.376 e. The molecule has 2 fully saturated rings. The topological polar surface area (TPSA) is 28.9 Å². The molecular weight excluding hydrogens is 318 g/mol. The Labute approximate surface area is 150 Å². The van der Waals surface area contributed by atoms with E-state index >= 15 is 0 Å². The van der Waals surface area contributed by atoms with E-state index in [1.54, 1.807) is 4.90 Å². The molecule has 0 saturated carbocycles. The standard InChI is InChI=1S/C19H27N3OS/c1-13-5-6-17-15(10-13)16-12-21(2)8-7-18(16)22(17)19(24)20-11-14-4-3-9-23-14/h5-6,10,14,16,18H,3-4,7-9,11-12H2,1-2H3,(H,20,24)/p+1/t14-,16+,18-/m1/s1. The largest absolute Gasteiger partial charge is 0.376 e. The molecule has 0 spiro atoms. The van der Waals surface area contributed by atoms with Crippen molar-refractivity contribution in [3.8, 4) is 0 Å². The van der Waals surface area contributed by atoms with E-state index in [0.717, 1.165) is 24.7 Å². The van der Waals surface area contributed by atoms with E-state index < -0.39 is 0 Å². The van der Waals surface area contributed by atoms with Crippen LogP contribution in [-0.2, 0) is 4.74 Å². The van der Waals surface area contributed by atoms with Gasteiger partial charge < -0.3 is 19.9 Å². The van der Waals surface area contributed by atoms with Crippen LogP contribution in [0.5, 0.6) is 0 Å². The van der Waals surface area contributed by atoms with Crippen LogP contribution in [0.15, 0.2) is 18.2 Å². The molecular formula is C19H28N3OS+. The van der Waals surface area contributed by atoms with Gasteiger partial charge in [0.25, 0.3) is 0 Å². The highest BCUT2D eigenvalue weighted by Crippen LogP contribution is 2.43. The smallest absolute Gasteiger partial charge is 0.173 e. The first-order chi connectivity index (χ1) is 11.6. The van der Waals surface area contributed by atoms with Gasteiger partial charge in [-0.3, -0.25) is 0 Å². The maximum atomic E-state index is 5.81. The van der Waals surface area contributed by atoms with Crippen LogP contribution in [0.1, 0.15) is 36.3 Å². The lowest BCUT2D eigenvalue weighted by Gasteiger charge is -2.35. The fourth-order valence-corrected chi connectivity index (χ4v) is 4.87. The third-order valence-corrected chi connectivity index (χ3v) is 6.14. The van der Waals surface area contributed by atoms with Gasteiger partial charge >= 0.3 is 0 Å². The van der Waals surface area contributed by atoms with E-state index in [0.29, 0.717) is 18.1 Å². The van der Waals surface area contributed by atoms with Gasteiger partial charge in [-0.1, -0.05) is 17.7 Å². The summed E-state index contributed by atoms with van der Waals surface area (Å²) in [6.07, 6.45) is 3.84. The number of aryl methyl sites for hydroxylation is 1. The predicted octanol–water partition coefficient (Wildman–Crippen LogP) is 1.24. The molecule has 0 aliphatic carbocycles. The van der Waals surface area contributed by atoms with Gasteiger partial charge in [0, 0.05) is 25.3 Å². The van der Waals surface area contributed by atoms with Gasteiger partial charge in [0.1, 0.15) is 0 Å². The number of hydrogen-bond donors (Lipinski definition) is 2. The zero-order valence-corrected chi connectivity index (χ0v) is 15.5. The average molecular weight is 347 g/mol. The van der Waals surface area contributed by atoms with E-state index in [9.17, 15) is 0 Å². The summed E-state index contributed by atoms with van der Waals surface area (Å²) in [5.74, 6) is 0.594. The first kappa shape index (κ1) is 16.3. The van der Waals surface area contributed by atoms with Gasteiger partial charge in [-0.05, 0) is 43.6 Å². The van der Waals surface area contributed by atoms with Crippen molar-refractivity contribution in [1.29, 1.82) is 0 Å². The van der Waals surface area contributed by atoms with Crippen molar-refractivity contribution in [1.82, 2.24) is 5.32 Å². The van der Waals surface area contributed by atoms with Crippen LogP contribution in [0.4, 0.5) is 5.69 Å². The van der Waals surface area contributed by atoms with Crippen LogP contribution in [0.25, 0.3) is 0 Å². The molecule has 5 heteroatoms. The van der Waals surface area contributed by atoms with E-state index in [4.69, 9.17) is 17.0 Å². The molecule has 1 unspecified atom stereocenters. The molecule has 3 aliphatic heterocycles. The molecule has 0 amide bonds. The number of rotatable bonds is 2. The molecule has 1 aromatic rings. The number of anilines is 1. The number of quaternary nitrogens is 1. The van der Waals surface area contributed by atoms with Crippen molar-refractivity contribution < 1.29 is 9.64 Å². The van der Waals surface area contributed by atoms with Crippen molar-refractivity contribution in [2.24, 2.45) is 0 Å². The number of nitrogens with one attached hydrogen (secondary N) is 2. The number of nitrogens with zero attached hydrogens (tertiary/aromatic N) is 1. The minimum absolute atomic E-state index is 0.320. The number of likely N-dealkylation sites (tertiary alicyclic amines) is 1. The van der Waals surface area contributed by atoms with Gasteiger partial charge in [-0.2, -0.15) is 0 Å². The lowest BCUT2D eigenvalue weighted by molar-refractivity contribution is -0.886. The van der Waals surface area contributed by atoms with Crippen LogP contribution < -0.4 is 15.1 Å². The number of ether oxygens (including phenoxy) is 1. The molecule has 4 nitrogen and oxygen atoms in total. The molecule has 2 saturated heterocycles. The summed E-state index contributed by atoms with van der Waals surface area (Å²) in [5.41, 5.74) is 4.14. The van der Waals surface area contributed by atoms with Gasteiger partial charge in [0.05, 0.1) is 38.2 Å². The van der Waals surface area contributed by atoms with Gasteiger partial charge in [-0.25, -0.2) is 0 Å². The minimum atomic E-state index is 0.320. The molecule has 4 rings (SSSR count). The van der Waals surface area contributed by atoms with Crippen molar-refractivity contribution in [3.05, 3.63) is 29.3 Å². The molecule has 2 N–H and O–H groups in total. The van der Waals surface area contributed by atoms with Crippen LogP contribution in [0, 0.1) is 6.92 Å². The predicted molar refractivity (Wildman–Crippen MR) is 101 cm³/mol. The average Bonchev–Trinajstić information content (AvgIpc) is 3.18. The highest BCUT2D eigenvalue weighted by atomic mass is 32.1. The Kier molecular flexibility index (Phi) is 4.50. The Balaban J connectivity index is 1.56. The van der Waals surface area contributed by atoms with Crippen LogP contribution in [-0.4, -0.2) is 50.5 Å². The summed E-state index contributed by atoms with van der Waals surface area (Å²) in [5, 5.41) is 4.37. The number of benzene rings is 1. The second-order valence-electron chi connectivity index (χ2n) is 7.63. The summed E-state index contributed by atoms with van der Waals surface area (Å²) < 4.78 is 5.73. The van der Waals surface area contributed by atoms with Crippen molar-refractivity contribution in [3.63, 3.8) is 0 Å². The maximum absolute atomic E-state index is 5.81. The molecule has 4 atom stereocenters. The molecule has 1 aromatic carbocycles. The molecule has 130 valence electrons. The summed E-state index contributed by atoms with van der Waals surface area (Å²) in [4.78, 5) is 4.03. The summed E-state index contributed by atoms with van der Waals surface area (Å²) in [6.45, 7) is 6.33. The molecule has 0 aromatic heterocycles. The molecule has 3 aliphatic rings. The Hall–Kier alpha value is -1.17. The number of hydrogen-bond acceptors (Lipinski definition) is 2. The first-order valence-electron chi connectivity index (χ1n) is 9.24. The van der Waals surface area contributed by atoms with Crippen LogP contribution >= 0.6 is 12.2 Å². The van der Waals surface area contributed by atoms with Crippen LogP contribution in [0.3, 0.4) is 0 Å². The lowest BCUT2D eigenvalue weighted by atomic mass is 9.89. The summed E-state index contributed by atoms with van der Waals surface area (Å²) >= 11 is 5.81. The van der Waals surface area contributed by atoms with E-state index in [1.807, 2.05) is 0 Å². The quantitative estimate of drug-likeness (QED) is 0.789. The maximum Gasteiger partial charge on any atom is 0.173 e. The summed E-state index contributed by atoms with van der Waals surface area (Å²) in [7, 11) is 2.31. The van der Waals surface area contributed by atoms with Crippen molar-refractivity contribution in [2.75, 3.05) is 38.2 Å². The van der Waals surface area contributed by atoms with Crippen molar-refractivity contribution in [2.45, 2.75) is 44.2 Å². The molecule has 0 bridgehead atoms. The first-order valence-corrected chi connectivity index (χ1v) is 9.65. The third-order valence-electron chi connectivity index (χ3n) is 5.80. The Morgan fingerprint density at radius 1 is 1.42 bits per heavy atom. The Bertz CT molecular complexity index is 629. The lowest BCUT2D eigenvalue weighted by Crippen LogP contribution is -3.11. The number of fused-ring (bicyclic) bond motifs is 3. The highest BCUT2D eigenvalue weighted by Gasteiger charge is 2.44.